The van der Waals surface area contributed by atoms with E-state index in [0.717, 1.165) is 23.9 Å². The predicted octanol–water partition coefficient (Wildman–Crippen LogP) is 3.72. The Bertz CT molecular complexity index is 568. The molecular formula is C15H19N3S2. The van der Waals surface area contributed by atoms with Gasteiger partial charge in [0, 0.05) is 24.1 Å². The Morgan fingerprint density at radius 3 is 2.90 bits per heavy atom. The van der Waals surface area contributed by atoms with E-state index in [1.54, 1.807) is 0 Å². The van der Waals surface area contributed by atoms with E-state index in [0.29, 0.717) is 5.82 Å². The van der Waals surface area contributed by atoms with Crippen molar-refractivity contribution >= 4 is 34.1 Å². The van der Waals surface area contributed by atoms with Crippen molar-refractivity contribution in [1.29, 1.82) is 0 Å². The van der Waals surface area contributed by atoms with Crippen molar-refractivity contribution in [2.45, 2.75) is 18.6 Å². The third-order valence-electron chi connectivity index (χ3n) is 3.64. The molecule has 1 atom stereocenters. The van der Waals surface area contributed by atoms with Crippen molar-refractivity contribution < 1.29 is 0 Å². The molecule has 1 aromatic carbocycles. The van der Waals surface area contributed by atoms with Gasteiger partial charge in [0.15, 0.2) is 0 Å². The number of nitrogen functional groups attached to an aromatic ring is 1. The molecule has 106 valence electrons. The fraction of sp³-hybridized carbons (Fsp3) is 0.400. The lowest BCUT2D eigenvalue weighted by molar-refractivity contribution is 0.733. The summed E-state index contributed by atoms with van der Waals surface area (Å²) in [6.07, 6.45) is 1.22. The number of thioether (sulfide) groups is 1. The zero-order chi connectivity index (χ0) is 13.9. The third kappa shape index (κ3) is 2.65. The quantitative estimate of drug-likeness (QED) is 0.938. The van der Waals surface area contributed by atoms with Crippen molar-refractivity contribution in [3.8, 4) is 11.1 Å². The van der Waals surface area contributed by atoms with Crippen LogP contribution in [0.25, 0.3) is 11.1 Å². The second-order valence-electron chi connectivity index (χ2n) is 4.96. The highest BCUT2D eigenvalue weighted by atomic mass is 32.2. The van der Waals surface area contributed by atoms with E-state index in [-0.39, 0.29) is 0 Å². The molecule has 0 saturated carbocycles. The number of rotatable bonds is 3. The Hall–Kier alpha value is -1.20. The van der Waals surface area contributed by atoms with E-state index < -0.39 is 0 Å². The Labute approximate surface area is 128 Å². The smallest absolute Gasteiger partial charge is 0.147 e. The first-order valence-corrected chi connectivity index (χ1v) is 8.79. The molecule has 1 fully saturated rings. The van der Waals surface area contributed by atoms with Gasteiger partial charge in [0.1, 0.15) is 10.8 Å². The maximum atomic E-state index is 6.11. The highest BCUT2D eigenvalue weighted by Gasteiger charge is 2.24. The average molecular weight is 305 g/mol. The van der Waals surface area contributed by atoms with Crippen molar-refractivity contribution in [2.75, 3.05) is 29.5 Å². The molecule has 0 radical (unpaired) electrons. The highest BCUT2D eigenvalue weighted by molar-refractivity contribution is 8.00. The number of aromatic nitrogens is 1. The molecule has 3 nitrogen and oxygen atoms in total. The van der Waals surface area contributed by atoms with E-state index in [1.165, 1.54) is 34.3 Å². The minimum absolute atomic E-state index is 0.655. The van der Waals surface area contributed by atoms with Gasteiger partial charge in [-0.3, -0.25) is 0 Å². The monoisotopic (exact) mass is 305 g/mol. The molecule has 1 aromatic heterocycles. The molecule has 1 saturated heterocycles. The van der Waals surface area contributed by atoms with Crippen LogP contribution in [-0.4, -0.2) is 28.5 Å². The average Bonchev–Trinajstić information content (AvgIpc) is 2.90. The van der Waals surface area contributed by atoms with Crippen LogP contribution in [0.5, 0.6) is 0 Å². The largest absolute Gasteiger partial charge is 0.382 e. The Kier molecular flexibility index (Phi) is 4.17. The van der Waals surface area contributed by atoms with Gasteiger partial charge < -0.3 is 10.6 Å². The highest BCUT2D eigenvalue weighted by Crippen LogP contribution is 2.40. The molecule has 5 heteroatoms. The van der Waals surface area contributed by atoms with E-state index in [9.17, 15) is 0 Å². The SMILES string of the molecule is CCC1CN(c2snc(N)c2-c2ccccc2)CCS1. The zero-order valence-corrected chi connectivity index (χ0v) is 13.2. The summed E-state index contributed by atoms with van der Waals surface area (Å²) in [5.74, 6) is 1.84. The van der Waals surface area contributed by atoms with Crippen LogP contribution in [0.1, 0.15) is 13.3 Å². The Balaban J connectivity index is 1.95. The van der Waals surface area contributed by atoms with Gasteiger partial charge in [-0.15, -0.1) is 0 Å². The van der Waals surface area contributed by atoms with Gasteiger partial charge in [0.25, 0.3) is 0 Å². The molecular weight excluding hydrogens is 286 g/mol. The second-order valence-corrected chi connectivity index (χ2v) is 7.12. The minimum atomic E-state index is 0.655. The summed E-state index contributed by atoms with van der Waals surface area (Å²) in [7, 11) is 0. The number of hydrogen-bond donors (Lipinski definition) is 1. The minimum Gasteiger partial charge on any atom is -0.382 e. The molecule has 20 heavy (non-hydrogen) atoms. The maximum Gasteiger partial charge on any atom is 0.147 e. The van der Waals surface area contributed by atoms with Crippen LogP contribution >= 0.6 is 23.3 Å². The van der Waals surface area contributed by atoms with Crippen LogP contribution in [-0.2, 0) is 0 Å². The van der Waals surface area contributed by atoms with Crippen molar-refractivity contribution in [3.63, 3.8) is 0 Å². The number of nitrogens with zero attached hydrogens (tertiary/aromatic N) is 2. The molecule has 1 aliphatic rings. The van der Waals surface area contributed by atoms with Crippen LogP contribution in [0.4, 0.5) is 10.8 Å². The van der Waals surface area contributed by atoms with Crippen molar-refractivity contribution in [3.05, 3.63) is 30.3 Å². The van der Waals surface area contributed by atoms with E-state index in [1.807, 2.05) is 6.07 Å². The van der Waals surface area contributed by atoms with Gasteiger partial charge in [-0.05, 0) is 23.5 Å². The van der Waals surface area contributed by atoms with Gasteiger partial charge in [-0.25, -0.2) is 0 Å². The molecule has 2 heterocycles. The van der Waals surface area contributed by atoms with Crippen LogP contribution in [0.2, 0.25) is 0 Å². The molecule has 0 spiro atoms. The van der Waals surface area contributed by atoms with Crippen molar-refractivity contribution in [1.82, 2.24) is 4.37 Å². The zero-order valence-electron chi connectivity index (χ0n) is 11.6. The summed E-state index contributed by atoms with van der Waals surface area (Å²) >= 11 is 3.61. The van der Waals surface area contributed by atoms with E-state index in [2.05, 4.69) is 52.2 Å². The molecule has 2 N–H and O–H groups in total. The first kappa shape index (κ1) is 13.8. The van der Waals surface area contributed by atoms with Gasteiger partial charge in [0.2, 0.25) is 0 Å². The van der Waals surface area contributed by atoms with Crippen LogP contribution < -0.4 is 10.6 Å². The summed E-state index contributed by atoms with van der Waals surface area (Å²) in [6, 6.07) is 10.4. The summed E-state index contributed by atoms with van der Waals surface area (Å²) in [6.45, 7) is 4.45. The number of hydrogen-bond acceptors (Lipinski definition) is 5. The van der Waals surface area contributed by atoms with Crippen LogP contribution in [0.15, 0.2) is 30.3 Å². The van der Waals surface area contributed by atoms with Gasteiger partial charge >= 0.3 is 0 Å². The number of benzene rings is 1. The maximum absolute atomic E-state index is 6.11. The fourth-order valence-corrected chi connectivity index (χ4v) is 4.59. The second kappa shape index (κ2) is 6.06. The predicted molar refractivity (Wildman–Crippen MR) is 90.7 cm³/mol. The Morgan fingerprint density at radius 2 is 2.15 bits per heavy atom. The molecule has 0 amide bonds. The lowest BCUT2D eigenvalue weighted by Gasteiger charge is -2.33. The molecule has 2 aromatic rings. The summed E-state index contributed by atoms with van der Waals surface area (Å²) in [5, 5.41) is 1.95. The van der Waals surface area contributed by atoms with E-state index in [4.69, 9.17) is 5.73 Å². The summed E-state index contributed by atoms with van der Waals surface area (Å²) in [4.78, 5) is 2.46. The van der Waals surface area contributed by atoms with Gasteiger partial charge in [-0.1, -0.05) is 37.3 Å². The third-order valence-corrected chi connectivity index (χ3v) is 5.94. The topological polar surface area (TPSA) is 42.2 Å². The van der Waals surface area contributed by atoms with Gasteiger partial charge in [0.05, 0.1) is 5.56 Å². The number of nitrogens with two attached hydrogens (primary N) is 1. The van der Waals surface area contributed by atoms with Crippen LogP contribution in [0, 0.1) is 0 Å². The lowest BCUT2D eigenvalue weighted by Crippen LogP contribution is -2.37. The standard InChI is InChI=1S/C15H19N3S2/c1-2-12-10-18(8-9-19-12)15-13(14(16)17-20-15)11-6-4-3-5-7-11/h3-7,12H,2,8-10H2,1H3,(H2,16,17). The van der Waals surface area contributed by atoms with Crippen LogP contribution in [0.3, 0.4) is 0 Å². The van der Waals surface area contributed by atoms with Gasteiger partial charge in [-0.2, -0.15) is 16.1 Å². The van der Waals surface area contributed by atoms with Crippen molar-refractivity contribution in [2.24, 2.45) is 0 Å². The van der Waals surface area contributed by atoms with E-state index >= 15 is 0 Å². The molecule has 0 aliphatic carbocycles. The lowest BCUT2D eigenvalue weighted by atomic mass is 10.1. The Morgan fingerprint density at radius 1 is 1.35 bits per heavy atom. The normalized spacial score (nSPS) is 19.2. The summed E-state index contributed by atoms with van der Waals surface area (Å²) < 4.78 is 4.39. The molecule has 3 rings (SSSR count). The number of anilines is 2. The summed E-state index contributed by atoms with van der Waals surface area (Å²) in [5.41, 5.74) is 8.39. The first-order chi connectivity index (χ1) is 9.79. The first-order valence-electron chi connectivity index (χ1n) is 6.96. The fourth-order valence-electron chi connectivity index (χ4n) is 2.54. The molecule has 1 aliphatic heterocycles. The molecule has 0 bridgehead atoms. The molecule has 1 unspecified atom stereocenters.